The topological polar surface area (TPSA) is 167 Å². The summed E-state index contributed by atoms with van der Waals surface area (Å²) in [6.45, 7) is 0.419. The second-order valence-electron chi connectivity index (χ2n) is 8.62. The summed E-state index contributed by atoms with van der Waals surface area (Å²) in [4.78, 5) is 66.3. The molecule has 4 atom stereocenters. The Morgan fingerprint density at radius 1 is 1.28 bits per heavy atom. The molecule has 3 amide bonds. The highest BCUT2D eigenvalue weighted by Gasteiger charge is 2.40. The van der Waals surface area contributed by atoms with E-state index in [1.54, 1.807) is 18.2 Å². The Balaban J connectivity index is 1.52. The van der Waals surface area contributed by atoms with Crippen molar-refractivity contribution >= 4 is 40.7 Å². The average molecular weight is 498 g/mol. The fourth-order valence-corrected chi connectivity index (χ4v) is 4.35. The van der Waals surface area contributed by atoms with Crippen molar-refractivity contribution in [1.82, 2.24) is 26.1 Å². The molecule has 0 saturated carbocycles. The summed E-state index contributed by atoms with van der Waals surface area (Å²) in [6, 6.07) is 5.97. The SMILES string of the molecule is O=CCCC(NC(=O)c1nccc2ccccc12)C(=O)N1NCCCC1C(=O)NC1CC(=O)OC1O. The van der Waals surface area contributed by atoms with Crippen LogP contribution in [0.15, 0.2) is 36.5 Å². The minimum absolute atomic E-state index is 0.0120. The van der Waals surface area contributed by atoms with Gasteiger partial charge in [0.15, 0.2) is 0 Å². The zero-order valence-electron chi connectivity index (χ0n) is 19.4. The Bertz CT molecular complexity index is 1170. The van der Waals surface area contributed by atoms with Gasteiger partial charge < -0.3 is 25.3 Å². The van der Waals surface area contributed by atoms with Crippen molar-refractivity contribution in [1.29, 1.82) is 0 Å². The third-order valence-electron chi connectivity index (χ3n) is 6.16. The molecule has 190 valence electrons. The second kappa shape index (κ2) is 11.2. The lowest BCUT2D eigenvalue weighted by Gasteiger charge is -2.37. The first-order valence-corrected chi connectivity index (χ1v) is 11.7. The summed E-state index contributed by atoms with van der Waals surface area (Å²) >= 11 is 0. The van der Waals surface area contributed by atoms with E-state index in [0.717, 1.165) is 10.4 Å². The smallest absolute Gasteiger partial charge is 0.310 e. The molecular weight excluding hydrogens is 470 g/mol. The molecule has 2 aliphatic heterocycles. The Kier molecular flexibility index (Phi) is 7.86. The van der Waals surface area contributed by atoms with Crippen LogP contribution in [0, 0.1) is 0 Å². The number of nitrogens with one attached hydrogen (secondary N) is 3. The molecule has 2 aliphatic rings. The van der Waals surface area contributed by atoms with Gasteiger partial charge in [-0.05, 0) is 30.7 Å². The molecule has 2 saturated heterocycles. The van der Waals surface area contributed by atoms with Crippen LogP contribution in [0.1, 0.15) is 42.6 Å². The first kappa shape index (κ1) is 25.2. The van der Waals surface area contributed by atoms with Gasteiger partial charge >= 0.3 is 5.97 Å². The predicted octanol–water partition coefficient (Wildman–Crippen LogP) is -0.442. The van der Waals surface area contributed by atoms with Crippen molar-refractivity contribution in [2.45, 2.75) is 56.5 Å². The molecule has 12 heteroatoms. The largest absolute Gasteiger partial charge is 0.434 e. The molecule has 0 spiro atoms. The number of pyridine rings is 1. The molecule has 2 fully saturated rings. The van der Waals surface area contributed by atoms with Crippen molar-refractivity contribution < 1.29 is 33.8 Å². The van der Waals surface area contributed by atoms with E-state index in [2.05, 4.69) is 25.8 Å². The maximum Gasteiger partial charge on any atom is 0.310 e. The van der Waals surface area contributed by atoms with Crippen molar-refractivity contribution in [3.05, 3.63) is 42.2 Å². The van der Waals surface area contributed by atoms with Crippen LogP contribution in [0.3, 0.4) is 0 Å². The number of aliphatic hydroxyl groups excluding tert-OH is 1. The molecule has 4 unspecified atom stereocenters. The number of cyclic esters (lactones) is 1. The van der Waals surface area contributed by atoms with Gasteiger partial charge in [-0.3, -0.25) is 29.2 Å². The minimum atomic E-state index is -1.46. The van der Waals surface area contributed by atoms with E-state index in [1.807, 2.05) is 12.1 Å². The lowest BCUT2D eigenvalue weighted by Crippen LogP contribution is -2.63. The maximum atomic E-state index is 13.5. The number of ether oxygens (including phenoxy) is 1. The highest BCUT2D eigenvalue weighted by Crippen LogP contribution is 2.19. The number of amides is 3. The number of hydrogen-bond acceptors (Lipinski definition) is 9. The predicted molar refractivity (Wildman–Crippen MR) is 125 cm³/mol. The first-order valence-electron chi connectivity index (χ1n) is 11.7. The number of carbonyl (C=O) groups excluding carboxylic acids is 5. The molecule has 4 rings (SSSR count). The Hall–Kier alpha value is -3.90. The van der Waals surface area contributed by atoms with E-state index in [0.29, 0.717) is 31.1 Å². The standard InChI is InChI=1S/C24H27N5O7/c30-12-4-7-16(27-22(33)20-15-6-2-1-5-14(15)9-11-25-20)23(34)29-18(8-3-10-26-29)21(32)28-17-13-19(31)36-24(17)35/h1-2,5-6,9,11-12,16-18,24,26,35H,3-4,7-8,10,13H2,(H,27,33)(H,28,32). The molecule has 2 aromatic rings. The molecular formula is C24H27N5O7. The number of hydrogen-bond donors (Lipinski definition) is 4. The number of rotatable bonds is 8. The number of aliphatic hydroxyl groups is 1. The first-order chi connectivity index (χ1) is 17.4. The summed E-state index contributed by atoms with van der Waals surface area (Å²) in [7, 11) is 0. The number of esters is 1. The van der Waals surface area contributed by atoms with Gasteiger partial charge in [0, 0.05) is 24.5 Å². The Morgan fingerprint density at radius 3 is 2.83 bits per heavy atom. The summed E-state index contributed by atoms with van der Waals surface area (Å²) in [5.41, 5.74) is 3.04. The monoisotopic (exact) mass is 497 g/mol. The highest BCUT2D eigenvalue weighted by molar-refractivity contribution is 6.06. The van der Waals surface area contributed by atoms with Gasteiger partial charge in [-0.25, -0.2) is 5.43 Å². The lowest BCUT2D eigenvalue weighted by atomic mass is 10.0. The van der Waals surface area contributed by atoms with Gasteiger partial charge in [0.1, 0.15) is 30.1 Å². The lowest BCUT2D eigenvalue weighted by molar-refractivity contribution is -0.156. The zero-order chi connectivity index (χ0) is 25.7. The van der Waals surface area contributed by atoms with E-state index in [1.165, 1.54) is 6.20 Å². The van der Waals surface area contributed by atoms with Crippen LogP contribution in [0.5, 0.6) is 0 Å². The number of aldehydes is 1. The number of fused-ring (bicyclic) bond motifs is 1. The molecule has 1 aromatic carbocycles. The van der Waals surface area contributed by atoms with Crippen LogP contribution in [0.4, 0.5) is 0 Å². The van der Waals surface area contributed by atoms with E-state index in [-0.39, 0.29) is 25.0 Å². The molecule has 12 nitrogen and oxygen atoms in total. The zero-order valence-corrected chi connectivity index (χ0v) is 19.4. The fourth-order valence-electron chi connectivity index (χ4n) is 4.35. The molecule has 3 heterocycles. The van der Waals surface area contributed by atoms with Crippen molar-refractivity contribution in [3.8, 4) is 0 Å². The van der Waals surface area contributed by atoms with Crippen LogP contribution < -0.4 is 16.1 Å². The van der Waals surface area contributed by atoms with Crippen molar-refractivity contribution in [3.63, 3.8) is 0 Å². The van der Waals surface area contributed by atoms with Gasteiger partial charge in [-0.15, -0.1) is 0 Å². The fraction of sp³-hybridized carbons (Fsp3) is 0.417. The Morgan fingerprint density at radius 2 is 2.08 bits per heavy atom. The van der Waals surface area contributed by atoms with Gasteiger partial charge in [0.05, 0.1) is 6.42 Å². The van der Waals surface area contributed by atoms with Crippen LogP contribution in [-0.4, -0.2) is 76.0 Å². The molecule has 0 bridgehead atoms. The third kappa shape index (κ3) is 5.50. The Labute approximate surface area is 206 Å². The number of carbonyl (C=O) groups is 5. The second-order valence-corrected chi connectivity index (χ2v) is 8.62. The molecule has 4 N–H and O–H groups in total. The summed E-state index contributed by atoms with van der Waals surface area (Å²) in [5, 5.41) is 17.6. The number of aromatic nitrogens is 1. The molecule has 0 radical (unpaired) electrons. The van der Waals surface area contributed by atoms with E-state index in [9.17, 15) is 29.1 Å². The minimum Gasteiger partial charge on any atom is -0.434 e. The van der Waals surface area contributed by atoms with Crippen LogP contribution in [-0.2, 0) is 23.9 Å². The van der Waals surface area contributed by atoms with Crippen LogP contribution in [0.25, 0.3) is 10.8 Å². The quantitative estimate of drug-likeness (QED) is 0.279. The number of hydrazine groups is 1. The van der Waals surface area contributed by atoms with Gasteiger partial charge in [0.25, 0.3) is 11.8 Å². The maximum absolute atomic E-state index is 13.5. The average Bonchev–Trinajstić information content (AvgIpc) is 3.21. The van der Waals surface area contributed by atoms with E-state index in [4.69, 9.17) is 0 Å². The van der Waals surface area contributed by atoms with Crippen LogP contribution in [0.2, 0.25) is 0 Å². The van der Waals surface area contributed by atoms with Gasteiger partial charge in [-0.2, -0.15) is 0 Å². The molecule has 1 aromatic heterocycles. The normalized spacial score (nSPS) is 22.5. The van der Waals surface area contributed by atoms with Crippen molar-refractivity contribution in [2.75, 3.05) is 6.54 Å². The number of benzene rings is 1. The number of nitrogens with zero attached hydrogens (tertiary/aromatic N) is 2. The summed E-state index contributed by atoms with van der Waals surface area (Å²) < 4.78 is 4.65. The molecule has 0 aliphatic carbocycles. The highest BCUT2D eigenvalue weighted by atomic mass is 16.6. The summed E-state index contributed by atoms with van der Waals surface area (Å²) in [6.07, 6.45) is 1.45. The van der Waals surface area contributed by atoms with Crippen molar-refractivity contribution in [2.24, 2.45) is 0 Å². The van der Waals surface area contributed by atoms with E-state index < -0.39 is 48.1 Å². The van der Waals surface area contributed by atoms with Gasteiger partial charge in [0.2, 0.25) is 12.2 Å². The summed E-state index contributed by atoms with van der Waals surface area (Å²) in [5.74, 6) is -2.39. The van der Waals surface area contributed by atoms with Gasteiger partial charge in [-0.1, -0.05) is 24.3 Å². The third-order valence-corrected chi connectivity index (χ3v) is 6.16. The molecule has 36 heavy (non-hydrogen) atoms. The van der Waals surface area contributed by atoms with Crippen LogP contribution >= 0.6 is 0 Å². The van der Waals surface area contributed by atoms with E-state index >= 15 is 0 Å².